The number of methoxy groups -OCH3 is 1. The van der Waals surface area contributed by atoms with E-state index in [1.807, 2.05) is 0 Å². The summed E-state index contributed by atoms with van der Waals surface area (Å²) in [5.41, 5.74) is 0. The molecule has 0 spiro atoms. The van der Waals surface area contributed by atoms with Gasteiger partial charge in [-0.2, -0.15) is 0 Å². The molecule has 2 N–H and O–H groups in total. The van der Waals surface area contributed by atoms with Gasteiger partial charge in [-0.1, -0.05) is 0 Å². The highest BCUT2D eigenvalue weighted by Crippen LogP contribution is 2.00. The van der Waals surface area contributed by atoms with Crippen molar-refractivity contribution in [2.24, 2.45) is 0 Å². The van der Waals surface area contributed by atoms with Crippen molar-refractivity contribution >= 4 is 18.0 Å². The Morgan fingerprint density at radius 3 is 2.18 bits per heavy atom. The number of carbonyl (C=O) groups is 3. The van der Waals surface area contributed by atoms with Crippen molar-refractivity contribution in [3.05, 3.63) is 0 Å². The Hall–Kier alpha value is -1.79. The number of ether oxygens (including phenoxy) is 1. The number of rotatable bonds is 5. The molecule has 0 aromatic rings. The van der Waals surface area contributed by atoms with E-state index in [1.54, 1.807) is 13.8 Å². The fraction of sp³-hybridized carbons (Fsp3) is 0.700. The summed E-state index contributed by atoms with van der Waals surface area (Å²) in [6.07, 6.45) is 0. The molecule has 7 heteroatoms. The van der Waals surface area contributed by atoms with E-state index in [2.05, 4.69) is 10.1 Å². The Kier molecular flexibility index (Phi) is 6.01. The first-order chi connectivity index (χ1) is 7.79. The van der Waals surface area contributed by atoms with Crippen molar-refractivity contribution in [3.63, 3.8) is 0 Å². The summed E-state index contributed by atoms with van der Waals surface area (Å²) in [6.45, 7) is 4.56. The third kappa shape index (κ3) is 5.19. The number of esters is 1. The first kappa shape index (κ1) is 15.2. The minimum atomic E-state index is -1.14. The summed E-state index contributed by atoms with van der Waals surface area (Å²) in [6, 6.07) is -1.86. The second-order valence-electron chi connectivity index (χ2n) is 3.81. The molecule has 0 aliphatic rings. The lowest BCUT2D eigenvalue weighted by Crippen LogP contribution is -2.50. The van der Waals surface area contributed by atoms with Crippen LogP contribution in [0.3, 0.4) is 0 Å². The summed E-state index contributed by atoms with van der Waals surface area (Å²) in [5.74, 6) is -1.70. The van der Waals surface area contributed by atoms with Crippen molar-refractivity contribution in [3.8, 4) is 0 Å². The van der Waals surface area contributed by atoms with E-state index < -0.39 is 24.0 Å². The number of carbonyl (C=O) groups excluding carboxylic acids is 2. The van der Waals surface area contributed by atoms with E-state index in [0.29, 0.717) is 0 Å². The van der Waals surface area contributed by atoms with Gasteiger partial charge in [-0.15, -0.1) is 0 Å². The van der Waals surface area contributed by atoms with Gasteiger partial charge in [0.05, 0.1) is 7.11 Å². The standard InChI is InChI=1S/C10H18N2O5/c1-6(2)12(5-8(13)17-4)10(16)11-7(3)9(14)15/h6-7H,5H2,1-4H3,(H,11,16)(H,14,15). The van der Waals surface area contributed by atoms with Crippen LogP contribution in [0, 0.1) is 0 Å². The van der Waals surface area contributed by atoms with Crippen LogP contribution in [0.4, 0.5) is 4.79 Å². The molecule has 0 bridgehead atoms. The molecular weight excluding hydrogens is 228 g/mol. The van der Waals surface area contributed by atoms with E-state index in [1.165, 1.54) is 18.9 Å². The maximum Gasteiger partial charge on any atom is 0.325 e. The topological polar surface area (TPSA) is 95.9 Å². The maximum atomic E-state index is 11.7. The summed E-state index contributed by atoms with van der Waals surface area (Å²) in [7, 11) is 1.22. The fourth-order valence-electron chi connectivity index (χ4n) is 1.02. The highest BCUT2D eigenvalue weighted by molar-refractivity contribution is 5.85. The van der Waals surface area contributed by atoms with Crippen molar-refractivity contribution in [1.29, 1.82) is 0 Å². The maximum absolute atomic E-state index is 11.7. The molecule has 98 valence electrons. The quantitative estimate of drug-likeness (QED) is 0.668. The van der Waals surface area contributed by atoms with Crippen molar-refractivity contribution in [2.45, 2.75) is 32.9 Å². The van der Waals surface area contributed by atoms with Crippen LogP contribution in [0.1, 0.15) is 20.8 Å². The predicted molar refractivity (Wildman–Crippen MR) is 59.5 cm³/mol. The monoisotopic (exact) mass is 246 g/mol. The van der Waals surface area contributed by atoms with Gasteiger partial charge in [0.2, 0.25) is 0 Å². The van der Waals surface area contributed by atoms with Crippen LogP contribution in [0.2, 0.25) is 0 Å². The second-order valence-corrected chi connectivity index (χ2v) is 3.81. The van der Waals surface area contributed by atoms with Gasteiger partial charge in [0.15, 0.2) is 0 Å². The molecule has 2 amide bonds. The summed E-state index contributed by atoms with van der Waals surface area (Å²) in [5, 5.41) is 10.9. The molecule has 0 heterocycles. The lowest BCUT2D eigenvalue weighted by Gasteiger charge is -2.26. The molecule has 0 saturated carbocycles. The first-order valence-corrected chi connectivity index (χ1v) is 5.16. The van der Waals surface area contributed by atoms with Gasteiger partial charge in [-0.25, -0.2) is 4.79 Å². The Balaban J connectivity index is 4.55. The minimum absolute atomic E-state index is 0.216. The number of amides is 2. The minimum Gasteiger partial charge on any atom is -0.480 e. The molecule has 1 unspecified atom stereocenters. The number of carboxylic acid groups (broad SMARTS) is 1. The van der Waals surface area contributed by atoms with E-state index in [4.69, 9.17) is 5.11 Å². The van der Waals surface area contributed by atoms with Gasteiger partial charge in [0, 0.05) is 6.04 Å². The SMILES string of the molecule is COC(=O)CN(C(=O)NC(C)C(=O)O)C(C)C. The number of nitrogens with zero attached hydrogens (tertiary/aromatic N) is 1. The Labute approximate surface area is 99.7 Å². The molecule has 0 aliphatic heterocycles. The molecule has 17 heavy (non-hydrogen) atoms. The summed E-state index contributed by atoms with van der Waals surface area (Å²) in [4.78, 5) is 34.6. The van der Waals surface area contributed by atoms with Crippen LogP contribution in [0.25, 0.3) is 0 Å². The molecule has 0 aliphatic carbocycles. The number of hydrogen-bond donors (Lipinski definition) is 2. The van der Waals surface area contributed by atoms with Crippen molar-refractivity contribution < 1.29 is 24.2 Å². The summed E-state index contributed by atoms with van der Waals surface area (Å²) < 4.78 is 4.46. The second kappa shape index (κ2) is 6.72. The van der Waals surface area contributed by atoms with Gasteiger partial charge in [0.1, 0.15) is 12.6 Å². The number of urea groups is 1. The number of hydrogen-bond acceptors (Lipinski definition) is 4. The third-order valence-corrected chi connectivity index (χ3v) is 2.12. The fourth-order valence-corrected chi connectivity index (χ4v) is 1.02. The van der Waals surface area contributed by atoms with Crippen LogP contribution < -0.4 is 5.32 Å². The van der Waals surface area contributed by atoms with Crippen LogP contribution in [0.15, 0.2) is 0 Å². The average Bonchev–Trinajstić information content (AvgIpc) is 2.24. The Morgan fingerprint density at radius 2 is 1.82 bits per heavy atom. The van der Waals surface area contributed by atoms with Gasteiger partial charge in [-0.05, 0) is 20.8 Å². The molecule has 0 aromatic carbocycles. The Morgan fingerprint density at radius 1 is 1.29 bits per heavy atom. The van der Waals surface area contributed by atoms with E-state index in [0.717, 1.165) is 0 Å². The molecule has 0 aromatic heterocycles. The normalized spacial score (nSPS) is 11.8. The zero-order valence-corrected chi connectivity index (χ0v) is 10.4. The number of carboxylic acids is 1. The van der Waals surface area contributed by atoms with Crippen molar-refractivity contribution in [1.82, 2.24) is 10.2 Å². The van der Waals surface area contributed by atoms with E-state index in [9.17, 15) is 14.4 Å². The number of nitrogens with one attached hydrogen (secondary N) is 1. The Bertz CT molecular complexity index is 303. The smallest absolute Gasteiger partial charge is 0.325 e. The van der Waals surface area contributed by atoms with Gasteiger partial charge in [-0.3, -0.25) is 9.59 Å². The number of aliphatic carboxylic acids is 1. The largest absolute Gasteiger partial charge is 0.480 e. The van der Waals surface area contributed by atoms with Crippen LogP contribution in [0.5, 0.6) is 0 Å². The molecule has 0 rings (SSSR count). The van der Waals surface area contributed by atoms with Crippen LogP contribution in [-0.2, 0) is 14.3 Å². The first-order valence-electron chi connectivity index (χ1n) is 5.16. The predicted octanol–water partition coefficient (Wildman–Crippen LogP) is 0.0525. The van der Waals surface area contributed by atoms with Gasteiger partial charge >= 0.3 is 18.0 Å². The zero-order valence-electron chi connectivity index (χ0n) is 10.4. The molecule has 7 nitrogen and oxygen atoms in total. The van der Waals surface area contributed by atoms with Gasteiger partial charge in [0.25, 0.3) is 0 Å². The van der Waals surface area contributed by atoms with E-state index >= 15 is 0 Å². The molecule has 0 radical (unpaired) electrons. The lowest BCUT2D eigenvalue weighted by molar-refractivity contribution is -0.141. The highest BCUT2D eigenvalue weighted by Gasteiger charge is 2.23. The van der Waals surface area contributed by atoms with Crippen molar-refractivity contribution in [2.75, 3.05) is 13.7 Å². The zero-order chi connectivity index (χ0) is 13.6. The molecule has 1 atom stereocenters. The van der Waals surface area contributed by atoms with E-state index in [-0.39, 0.29) is 12.6 Å². The van der Waals surface area contributed by atoms with Gasteiger partial charge < -0.3 is 20.1 Å². The molecule has 0 fully saturated rings. The lowest BCUT2D eigenvalue weighted by atomic mass is 10.3. The average molecular weight is 246 g/mol. The molecular formula is C10H18N2O5. The highest BCUT2D eigenvalue weighted by atomic mass is 16.5. The molecule has 0 saturated heterocycles. The summed E-state index contributed by atoms with van der Waals surface area (Å²) >= 11 is 0. The van der Waals surface area contributed by atoms with Crippen LogP contribution >= 0.6 is 0 Å². The van der Waals surface area contributed by atoms with Crippen LogP contribution in [-0.4, -0.2) is 53.7 Å². The third-order valence-electron chi connectivity index (χ3n) is 2.12.